The Morgan fingerprint density at radius 3 is 2.60 bits per heavy atom. The van der Waals surface area contributed by atoms with Crippen molar-refractivity contribution in [2.45, 2.75) is 19.9 Å². The number of aromatic nitrogens is 1. The Morgan fingerprint density at radius 1 is 1.07 bits per heavy atom. The number of ether oxygens (including phenoxy) is 2. The first-order chi connectivity index (χ1) is 14.3. The van der Waals surface area contributed by atoms with E-state index < -0.39 is 0 Å². The van der Waals surface area contributed by atoms with E-state index in [0.717, 1.165) is 68.0 Å². The third-order valence-electron chi connectivity index (χ3n) is 5.11. The number of fused-ring (bicyclic) bond motifs is 1. The minimum absolute atomic E-state index is 0. The fourth-order valence-corrected chi connectivity index (χ4v) is 3.59. The molecular formula is C22H30IN5O2. The SMILES string of the molecule is CCNC(=NCc1ccc2c(c1)OCCCO2)N1CCN(c2ccccn2)CC1.I. The van der Waals surface area contributed by atoms with Gasteiger partial charge in [0.15, 0.2) is 17.5 Å². The molecule has 4 rings (SSSR count). The van der Waals surface area contributed by atoms with Gasteiger partial charge in [-0.15, -0.1) is 24.0 Å². The molecule has 0 saturated carbocycles. The van der Waals surface area contributed by atoms with E-state index in [1.54, 1.807) is 0 Å². The van der Waals surface area contributed by atoms with E-state index in [2.05, 4.69) is 39.2 Å². The van der Waals surface area contributed by atoms with Crippen molar-refractivity contribution in [2.24, 2.45) is 4.99 Å². The Labute approximate surface area is 195 Å². The monoisotopic (exact) mass is 523 g/mol. The topological polar surface area (TPSA) is 62.2 Å². The van der Waals surface area contributed by atoms with Crippen molar-refractivity contribution >= 4 is 35.8 Å². The third-order valence-corrected chi connectivity index (χ3v) is 5.11. The Morgan fingerprint density at radius 2 is 1.87 bits per heavy atom. The lowest BCUT2D eigenvalue weighted by atomic mass is 10.2. The molecule has 1 N–H and O–H groups in total. The number of pyridine rings is 1. The zero-order chi connectivity index (χ0) is 19.9. The summed E-state index contributed by atoms with van der Waals surface area (Å²) in [5, 5.41) is 3.44. The molecule has 1 saturated heterocycles. The average molecular weight is 523 g/mol. The molecule has 30 heavy (non-hydrogen) atoms. The molecule has 2 aromatic rings. The van der Waals surface area contributed by atoms with Gasteiger partial charge in [0, 0.05) is 45.3 Å². The molecule has 0 unspecified atom stereocenters. The minimum atomic E-state index is 0. The van der Waals surface area contributed by atoms with Gasteiger partial charge in [0.25, 0.3) is 0 Å². The number of nitrogens with one attached hydrogen (secondary N) is 1. The molecule has 8 heteroatoms. The fourth-order valence-electron chi connectivity index (χ4n) is 3.59. The van der Waals surface area contributed by atoms with Gasteiger partial charge >= 0.3 is 0 Å². The van der Waals surface area contributed by atoms with Crippen LogP contribution in [-0.4, -0.2) is 61.8 Å². The number of rotatable bonds is 4. The lowest BCUT2D eigenvalue weighted by molar-refractivity contribution is 0.297. The lowest BCUT2D eigenvalue weighted by Crippen LogP contribution is -2.52. The molecule has 0 spiro atoms. The van der Waals surface area contributed by atoms with Crippen molar-refractivity contribution in [3.8, 4) is 11.5 Å². The maximum Gasteiger partial charge on any atom is 0.194 e. The van der Waals surface area contributed by atoms with Gasteiger partial charge in [-0.05, 0) is 36.8 Å². The minimum Gasteiger partial charge on any atom is -0.490 e. The van der Waals surface area contributed by atoms with Crippen LogP contribution < -0.4 is 19.7 Å². The van der Waals surface area contributed by atoms with Crippen molar-refractivity contribution in [3.05, 3.63) is 48.2 Å². The van der Waals surface area contributed by atoms with Crippen LogP contribution in [0.3, 0.4) is 0 Å². The van der Waals surface area contributed by atoms with Crippen LogP contribution in [0, 0.1) is 0 Å². The Balaban J connectivity index is 0.00000256. The molecule has 1 aromatic heterocycles. The van der Waals surface area contributed by atoms with Crippen molar-refractivity contribution in [3.63, 3.8) is 0 Å². The second kappa shape index (κ2) is 11.2. The van der Waals surface area contributed by atoms with Gasteiger partial charge in [-0.3, -0.25) is 0 Å². The van der Waals surface area contributed by atoms with Crippen LogP contribution in [0.2, 0.25) is 0 Å². The highest BCUT2D eigenvalue weighted by molar-refractivity contribution is 14.0. The van der Waals surface area contributed by atoms with Crippen molar-refractivity contribution in [1.29, 1.82) is 0 Å². The average Bonchev–Trinajstić information content (AvgIpc) is 3.02. The number of benzene rings is 1. The van der Waals surface area contributed by atoms with Crippen LogP contribution >= 0.6 is 24.0 Å². The molecule has 3 heterocycles. The van der Waals surface area contributed by atoms with Crippen molar-refractivity contribution in [2.75, 3.05) is 50.8 Å². The first kappa shape index (κ1) is 22.5. The summed E-state index contributed by atoms with van der Waals surface area (Å²) < 4.78 is 11.5. The molecule has 0 amide bonds. The maximum atomic E-state index is 5.80. The smallest absolute Gasteiger partial charge is 0.194 e. The zero-order valence-corrected chi connectivity index (χ0v) is 19.7. The van der Waals surface area contributed by atoms with Crippen LogP contribution in [0.5, 0.6) is 11.5 Å². The highest BCUT2D eigenvalue weighted by Crippen LogP contribution is 2.30. The zero-order valence-electron chi connectivity index (χ0n) is 17.4. The van der Waals surface area contributed by atoms with Crippen molar-refractivity contribution in [1.82, 2.24) is 15.2 Å². The highest BCUT2D eigenvalue weighted by atomic mass is 127. The number of anilines is 1. The molecule has 1 aromatic carbocycles. The molecule has 2 aliphatic heterocycles. The molecule has 7 nitrogen and oxygen atoms in total. The van der Waals surface area contributed by atoms with Gasteiger partial charge in [-0.1, -0.05) is 12.1 Å². The number of nitrogens with zero attached hydrogens (tertiary/aromatic N) is 4. The second-order valence-electron chi connectivity index (χ2n) is 7.16. The van der Waals surface area contributed by atoms with Crippen LogP contribution in [0.4, 0.5) is 5.82 Å². The van der Waals surface area contributed by atoms with Crippen LogP contribution in [0.25, 0.3) is 0 Å². The van der Waals surface area contributed by atoms with Gasteiger partial charge in [-0.2, -0.15) is 0 Å². The predicted molar refractivity (Wildman–Crippen MR) is 130 cm³/mol. The lowest BCUT2D eigenvalue weighted by Gasteiger charge is -2.37. The van der Waals surface area contributed by atoms with Gasteiger partial charge < -0.3 is 24.6 Å². The van der Waals surface area contributed by atoms with Crippen LogP contribution in [0.1, 0.15) is 18.9 Å². The molecule has 0 radical (unpaired) electrons. The standard InChI is InChI=1S/C22H29N5O2.HI/c1-2-23-22(27-12-10-26(11-13-27)21-6-3-4-9-24-21)25-17-18-7-8-19-20(16-18)29-15-5-14-28-19;/h3-4,6-9,16H,2,5,10-15,17H2,1H3,(H,23,25);1H. The molecular weight excluding hydrogens is 493 g/mol. The largest absolute Gasteiger partial charge is 0.490 e. The van der Waals surface area contributed by atoms with E-state index in [0.29, 0.717) is 19.8 Å². The van der Waals surface area contributed by atoms with Gasteiger partial charge in [0.2, 0.25) is 0 Å². The van der Waals surface area contributed by atoms with E-state index in [4.69, 9.17) is 14.5 Å². The first-order valence-electron chi connectivity index (χ1n) is 10.4. The summed E-state index contributed by atoms with van der Waals surface area (Å²) in [4.78, 5) is 14.0. The molecule has 0 bridgehead atoms. The van der Waals surface area contributed by atoms with E-state index in [-0.39, 0.29) is 24.0 Å². The summed E-state index contributed by atoms with van der Waals surface area (Å²) in [7, 11) is 0. The quantitative estimate of drug-likeness (QED) is 0.378. The summed E-state index contributed by atoms with van der Waals surface area (Å²) in [6.45, 7) is 8.68. The van der Waals surface area contributed by atoms with E-state index >= 15 is 0 Å². The summed E-state index contributed by atoms with van der Waals surface area (Å²) in [5.74, 6) is 3.65. The first-order valence-corrected chi connectivity index (χ1v) is 10.4. The van der Waals surface area contributed by atoms with E-state index in [9.17, 15) is 0 Å². The number of piperazine rings is 1. The number of aliphatic imine (C=N–C) groups is 1. The Kier molecular flexibility index (Phi) is 8.41. The molecule has 1 fully saturated rings. The van der Waals surface area contributed by atoms with Gasteiger partial charge in [-0.25, -0.2) is 9.98 Å². The highest BCUT2D eigenvalue weighted by Gasteiger charge is 2.20. The van der Waals surface area contributed by atoms with E-state index in [1.807, 2.05) is 30.5 Å². The normalized spacial score (nSPS) is 16.5. The number of hydrogen-bond donors (Lipinski definition) is 1. The summed E-state index contributed by atoms with van der Waals surface area (Å²) in [6.07, 6.45) is 2.76. The van der Waals surface area contributed by atoms with Crippen LogP contribution in [0.15, 0.2) is 47.6 Å². The second-order valence-corrected chi connectivity index (χ2v) is 7.16. The third kappa shape index (κ3) is 5.68. The van der Waals surface area contributed by atoms with Crippen LogP contribution in [-0.2, 0) is 6.54 Å². The van der Waals surface area contributed by atoms with Gasteiger partial charge in [0.05, 0.1) is 19.8 Å². The molecule has 2 aliphatic rings. The Bertz CT molecular complexity index is 826. The fraction of sp³-hybridized carbons (Fsp3) is 0.455. The number of guanidine groups is 1. The Hall–Kier alpha value is -2.23. The van der Waals surface area contributed by atoms with E-state index in [1.165, 1.54) is 0 Å². The summed E-state index contributed by atoms with van der Waals surface area (Å²) >= 11 is 0. The maximum absolute atomic E-state index is 5.80. The summed E-state index contributed by atoms with van der Waals surface area (Å²) in [6, 6.07) is 12.2. The van der Waals surface area contributed by atoms with Crippen molar-refractivity contribution < 1.29 is 9.47 Å². The molecule has 0 aliphatic carbocycles. The van der Waals surface area contributed by atoms with Gasteiger partial charge in [0.1, 0.15) is 5.82 Å². The molecule has 0 atom stereocenters. The number of hydrogen-bond acceptors (Lipinski definition) is 5. The number of halogens is 1. The molecule has 162 valence electrons. The summed E-state index contributed by atoms with van der Waals surface area (Å²) in [5.41, 5.74) is 1.12. The predicted octanol–water partition coefficient (Wildman–Crippen LogP) is 3.15.